The molecule has 4 heterocycles. The molecule has 1 saturated carbocycles. The Kier molecular flexibility index (Phi) is 5.19. The van der Waals surface area contributed by atoms with Gasteiger partial charge < -0.3 is 10.2 Å². The molecule has 4 fully saturated rings. The summed E-state index contributed by atoms with van der Waals surface area (Å²) in [5.41, 5.74) is 2.00. The Labute approximate surface area is 191 Å². The molecule has 172 valence electrons. The van der Waals surface area contributed by atoms with Gasteiger partial charge in [-0.3, -0.25) is 9.21 Å². The summed E-state index contributed by atoms with van der Waals surface area (Å²) in [5, 5.41) is 4.18. The third-order valence-electron chi connectivity index (χ3n) is 7.52. The zero-order chi connectivity index (χ0) is 21.9. The lowest BCUT2D eigenvalue weighted by molar-refractivity contribution is -0.0273. The number of nitrogens with zero attached hydrogens (tertiary/aromatic N) is 5. The fourth-order valence-corrected chi connectivity index (χ4v) is 6.17. The number of benzene rings is 1. The molecular formula is C23H30F2N6S. The number of hydrogen-bond acceptors (Lipinski definition) is 7. The first-order valence-electron chi connectivity index (χ1n) is 11.7. The normalized spacial score (nSPS) is 24.2. The number of anilines is 2. The van der Waals surface area contributed by atoms with Crippen molar-refractivity contribution in [2.45, 2.75) is 44.2 Å². The Hall–Kier alpha value is -1.71. The fraction of sp³-hybridized carbons (Fsp3) is 0.652. The van der Waals surface area contributed by atoms with Gasteiger partial charge in [0, 0.05) is 73.9 Å². The van der Waals surface area contributed by atoms with E-state index in [0.717, 1.165) is 69.4 Å². The SMILES string of the molecule is CSN1CCC(Nc2ncc3cc(C(F)F)cc(N4CC5(C4)CN(C4CC4)C5)c3n2)CC1. The number of rotatable bonds is 6. The average molecular weight is 461 g/mol. The number of nitrogens with one attached hydrogen (secondary N) is 1. The first-order valence-corrected chi connectivity index (χ1v) is 12.8. The molecule has 1 N–H and O–H groups in total. The van der Waals surface area contributed by atoms with Gasteiger partial charge in [0.15, 0.2) is 0 Å². The van der Waals surface area contributed by atoms with E-state index >= 15 is 0 Å². The monoisotopic (exact) mass is 460 g/mol. The second-order valence-corrected chi connectivity index (χ2v) is 10.9. The maximum Gasteiger partial charge on any atom is 0.263 e. The number of piperidine rings is 1. The van der Waals surface area contributed by atoms with Gasteiger partial charge in [-0.2, -0.15) is 0 Å². The van der Waals surface area contributed by atoms with E-state index in [-0.39, 0.29) is 5.56 Å². The molecule has 1 aromatic carbocycles. The van der Waals surface area contributed by atoms with Crippen LogP contribution in [-0.2, 0) is 0 Å². The lowest BCUT2D eigenvalue weighted by atomic mass is 9.72. The van der Waals surface area contributed by atoms with Gasteiger partial charge in [-0.25, -0.2) is 18.7 Å². The van der Waals surface area contributed by atoms with Crippen LogP contribution in [0.15, 0.2) is 18.3 Å². The Morgan fingerprint density at radius 1 is 1.09 bits per heavy atom. The van der Waals surface area contributed by atoms with Crippen LogP contribution in [0.25, 0.3) is 10.9 Å². The molecule has 1 spiro atoms. The molecule has 3 aliphatic heterocycles. The number of hydrogen-bond donors (Lipinski definition) is 1. The lowest BCUT2D eigenvalue weighted by Gasteiger charge is -2.61. The number of aromatic nitrogens is 2. The van der Waals surface area contributed by atoms with Crippen LogP contribution in [0.2, 0.25) is 0 Å². The molecular weight excluding hydrogens is 430 g/mol. The van der Waals surface area contributed by atoms with E-state index in [1.54, 1.807) is 24.2 Å². The van der Waals surface area contributed by atoms with E-state index < -0.39 is 6.43 Å². The highest BCUT2D eigenvalue weighted by Gasteiger charge is 2.54. The third kappa shape index (κ3) is 3.82. The summed E-state index contributed by atoms with van der Waals surface area (Å²) >= 11 is 1.79. The Bertz CT molecular complexity index is 993. The summed E-state index contributed by atoms with van der Waals surface area (Å²) in [6.07, 6.45) is 6.08. The molecule has 1 aromatic heterocycles. The highest BCUT2D eigenvalue weighted by Crippen LogP contribution is 2.47. The molecule has 0 bridgehead atoms. The van der Waals surface area contributed by atoms with Crippen molar-refractivity contribution in [3.8, 4) is 0 Å². The Morgan fingerprint density at radius 2 is 1.84 bits per heavy atom. The van der Waals surface area contributed by atoms with Crippen molar-refractivity contribution in [1.29, 1.82) is 0 Å². The standard InChI is InChI=1S/C23H30F2N6S/c1-32-31-6-4-17(5-7-31)27-22-26-10-16-8-15(21(24)25)9-19(20(16)28-22)30-13-23(14-30)11-29(12-23)18-2-3-18/h8-10,17-18,21H,2-7,11-14H2,1H3,(H,26,27,28). The van der Waals surface area contributed by atoms with Crippen molar-refractivity contribution in [1.82, 2.24) is 19.2 Å². The molecule has 0 amide bonds. The minimum absolute atomic E-state index is 0.0513. The van der Waals surface area contributed by atoms with Crippen LogP contribution >= 0.6 is 11.9 Å². The quantitative estimate of drug-likeness (QED) is 0.654. The molecule has 2 aromatic rings. The molecule has 4 aliphatic rings. The zero-order valence-corrected chi connectivity index (χ0v) is 19.3. The van der Waals surface area contributed by atoms with E-state index in [9.17, 15) is 8.78 Å². The third-order valence-corrected chi connectivity index (χ3v) is 8.40. The molecule has 0 unspecified atom stereocenters. The van der Waals surface area contributed by atoms with E-state index in [2.05, 4.69) is 30.7 Å². The summed E-state index contributed by atoms with van der Waals surface area (Å²) < 4.78 is 29.6. The highest BCUT2D eigenvalue weighted by atomic mass is 32.2. The highest BCUT2D eigenvalue weighted by molar-refractivity contribution is 7.96. The van der Waals surface area contributed by atoms with Crippen LogP contribution in [0.1, 0.15) is 37.7 Å². The predicted molar refractivity (Wildman–Crippen MR) is 125 cm³/mol. The van der Waals surface area contributed by atoms with Crippen LogP contribution in [0.3, 0.4) is 0 Å². The van der Waals surface area contributed by atoms with Gasteiger partial charge >= 0.3 is 0 Å². The number of likely N-dealkylation sites (tertiary alicyclic amines) is 1. The minimum atomic E-state index is -2.50. The zero-order valence-electron chi connectivity index (χ0n) is 18.4. The van der Waals surface area contributed by atoms with Crippen molar-refractivity contribution in [2.24, 2.45) is 5.41 Å². The summed E-state index contributed by atoms with van der Waals surface area (Å²) in [4.78, 5) is 14.1. The van der Waals surface area contributed by atoms with Crippen molar-refractivity contribution >= 4 is 34.5 Å². The average Bonchev–Trinajstić information content (AvgIpc) is 3.57. The van der Waals surface area contributed by atoms with Crippen molar-refractivity contribution in [3.63, 3.8) is 0 Å². The molecule has 1 aliphatic carbocycles. The minimum Gasteiger partial charge on any atom is -0.368 e. The summed E-state index contributed by atoms with van der Waals surface area (Å²) in [7, 11) is 0. The van der Waals surface area contributed by atoms with E-state index in [0.29, 0.717) is 22.8 Å². The first kappa shape index (κ1) is 20.9. The number of fused-ring (bicyclic) bond motifs is 1. The van der Waals surface area contributed by atoms with Crippen LogP contribution < -0.4 is 10.2 Å². The van der Waals surface area contributed by atoms with Crippen molar-refractivity contribution < 1.29 is 8.78 Å². The van der Waals surface area contributed by atoms with Gasteiger partial charge in [0.1, 0.15) is 0 Å². The molecule has 9 heteroatoms. The Balaban J connectivity index is 1.22. The van der Waals surface area contributed by atoms with E-state index in [1.807, 2.05) is 0 Å². The summed E-state index contributed by atoms with van der Waals surface area (Å²) in [5.74, 6) is 0.602. The maximum absolute atomic E-state index is 13.6. The van der Waals surface area contributed by atoms with Crippen molar-refractivity contribution in [2.75, 3.05) is 55.7 Å². The molecule has 0 radical (unpaired) electrons. The second-order valence-electron chi connectivity index (χ2n) is 9.99. The summed E-state index contributed by atoms with van der Waals surface area (Å²) in [6.45, 7) is 6.25. The number of alkyl halides is 2. The second kappa shape index (κ2) is 7.95. The molecule has 32 heavy (non-hydrogen) atoms. The lowest BCUT2D eigenvalue weighted by Crippen LogP contribution is -2.72. The van der Waals surface area contributed by atoms with Gasteiger partial charge in [-0.1, -0.05) is 11.9 Å². The van der Waals surface area contributed by atoms with Gasteiger partial charge in [0.05, 0.1) is 11.2 Å². The molecule has 6 rings (SSSR count). The van der Waals surface area contributed by atoms with Crippen LogP contribution in [0, 0.1) is 5.41 Å². The van der Waals surface area contributed by atoms with Crippen LogP contribution in [-0.4, -0.2) is 76.8 Å². The molecule has 3 saturated heterocycles. The fourth-order valence-electron chi connectivity index (χ4n) is 5.60. The topological polar surface area (TPSA) is 47.5 Å². The molecule has 6 nitrogen and oxygen atoms in total. The Morgan fingerprint density at radius 3 is 2.50 bits per heavy atom. The van der Waals surface area contributed by atoms with Crippen LogP contribution in [0.5, 0.6) is 0 Å². The number of halogens is 2. The largest absolute Gasteiger partial charge is 0.368 e. The predicted octanol–water partition coefficient (Wildman–Crippen LogP) is 4.01. The van der Waals surface area contributed by atoms with Crippen LogP contribution in [0.4, 0.5) is 20.4 Å². The maximum atomic E-state index is 13.6. The van der Waals surface area contributed by atoms with Gasteiger partial charge in [-0.05, 0) is 44.1 Å². The van der Waals surface area contributed by atoms with Crippen molar-refractivity contribution in [3.05, 3.63) is 23.9 Å². The summed E-state index contributed by atoms with van der Waals surface area (Å²) in [6, 6.07) is 4.33. The first-order chi connectivity index (χ1) is 15.5. The van der Waals surface area contributed by atoms with E-state index in [4.69, 9.17) is 4.98 Å². The van der Waals surface area contributed by atoms with Gasteiger partial charge in [-0.15, -0.1) is 0 Å². The smallest absolute Gasteiger partial charge is 0.263 e. The van der Waals surface area contributed by atoms with E-state index in [1.165, 1.54) is 18.9 Å². The van der Waals surface area contributed by atoms with Gasteiger partial charge in [0.2, 0.25) is 5.95 Å². The van der Waals surface area contributed by atoms with Gasteiger partial charge in [0.25, 0.3) is 6.43 Å². The molecule has 0 atom stereocenters.